The highest BCUT2D eigenvalue weighted by Crippen LogP contribution is 2.28. The maximum atomic E-state index is 13.6. The fraction of sp³-hybridized carbons (Fsp3) is 0.533. The summed E-state index contributed by atoms with van der Waals surface area (Å²) in [5.74, 6) is 0.185. The molecule has 0 amide bonds. The maximum Gasteiger partial charge on any atom is 0.165 e. The SMILES string of the molecule is O=C(CCC1CCCCC1)c1ccc(Br)cc1F. The molecule has 0 unspecified atom stereocenters. The molecule has 2 rings (SSSR count). The van der Waals surface area contributed by atoms with E-state index in [1.807, 2.05) is 0 Å². The van der Waals surface area contributed by atoms with Crippen molar-refractivity contribution in [3.63, 3.8) is 0 Å². The standard InChI is InChI=1S/C15H18BrFO/c16-12-7-8-13(14(17)10-12)15(18)9-6-11-4-2-1-3-5-11/h7-8,10-11H,1-6,9H2. The number of carbonyl (C=O) groups excluding carboxylic acids is 1. The number of Topliss-reactive ketones (excluding diaryl/α,β-unsaturated/α-hetero) is 1. The van der Waals surface area contributed by atoms with Gasteiger partial charge in [0.1, 0.15) is 5.82 Å². The Morgan fingerprint density at radius 3 is 2.67 bits per heavy atom. The molecule has 0 aromatic heterocycles. The normalized spacial score (nSPS) is 16.8. The number of carbonyl (C=O) groups is 1. The van der Waals surface area contributed by atoms with Gasteiger partial charge in [-0.1, -0.05) is 48.0 Å². The van der Waals surface area contributed by atoms with Gasteiger partial charge in [-0.2, -0.15) is 0 Å². The highest BCUT2D eigenvalue weighted by Gasteiger charge is 2.17. The highest BCUT2D eigenvalue weighted by atomic mass is 79.9. The first-order valence-electron chi connectivity index (χ1n) is 6.65. The van der Waals surface area contributed by atoms with E-state index in [0.29, 0.717) is 16.8 Å². The Hall–Kier alpha value is -0.700. The van der Waals surface area contributed by atoms with Crippen LogP contribution in [0.2, 0.25) is 0 Å². The number of halogens is 2. The summed E-state index contributed by atoms with van der Waals surface area (Å²) in [6, 6.07) is 4.65. The van der Waals surface area contributed by atoms with Crippen LogP contribution in [0, 0.1) is 11.7 Å². The van der Waals surface area contributed by atoms with Gasteiger partial charge in [-0.25, -0.2) is 4.39 Å². The zero-order chi connectivity index (χ0) is 13.0. The first-order valence-corrected chi connectivity index (χ1v) is 7.44. The van der Waals surface area contributed by atoms with Crippen LogP contribution in [0.4, 0.5) is 4.39 Å². The van der Waals surface area contributed by atoms with Crippen LogP contribution in [0.25, 0.3) is 0 Å². The van der Waals surface area contributed by atoms with Gasteiger partial charge in [0, 0.05) is 10.9 Å². The van der Waals surface area contributed by atoms with Gasteiger partial charge < -0.3 is 0 Å². The van der Waals surface area contributed by atoms with E-state index in [9.17, 15) is 9.18 Å². The molecule has 0 spiro atoms. The second-order valence-electron chi connectivity index (χ2n) is 5.09. The lowest BCUT2D eigenvalue weighted by atomic mass is 9.85. The van der Waals surface area contributed by atoms with Crippen molar-refractivity contribution >= 4 is 21.7 Å². The summed E-state index contributed by atoms with van der Waals surface area (Å²) < 4.78 is 14.3. The van der Waals surface area contributed by atoms with E-state index in [2.05, 4.69) is 15.9 Å². The zero-order valence-corrected chi connectivity index (χ0v) is 12.0. The molecule has 0 heterocycles. The van der Waals surface area contributed by atoms with E-state index < -0.39 is 5.82 Å². The Morgan fingerprint density at radius 1 is 1.28 bits per heavy atom. The molecule has 1 aliphatic rings. The Balaban J connectivity index is 1.90. The van der Waals surface area contributed by atoms with Gasteiger partial charge >= 0.3 is 0 Å². The van der Waals surface area contributed by atoms with E-state index in [-0.39, 0.29) is 11.3 Å². The zero-order valence-electron chi connectivity index (χ0n) is 10.4. The number of rotatable bonds is 4. The van der Waals surface area contributed by atoms with Crippen molar-refractivity contribution in [3.05, 3.63) is 34.1 Å². The quantitative estimate of drug-likeness (QED) is 0.704. The molecular formula is C15H18BrFO. The van der Waals surface area contributed by atoms with Crippen molar-refractivity contribution < 1.29 is 9.18 Å². The van der Waals surface area contributed by atoms with Gasteiger partial charge in [0.05, 0.1) is 5.56 Å². The first kappa shape index (κ1) is 13.7. The minimum absolute atomic E-state index is 0.0643. The lowest BCUT2D eigenvalue weighted by molar-refractivity contribution is 0.0966. The molecule has 0 N–H and O–H groups in total. The predicted molar refractivity (Wildman–Crippen MR) is 74.2 cm³/mol. The van der Waals surface area contributed by atoms with Crippen molar-refractivity contribution in [1.82, 2.24) is 0 Å². The highest BCUT2D eigenvalue weighted by molar-refractivity contribution is 9.10. The van der Waals surface area contributed by atoms with Crippen molar-refractivity contribution in [2.24, 2.45) is 5.92 Å². The third kappa shape index (κ3) is 3.64. The molecule has 0 saturated heterocycles. The number of benzene rings is 1. The molecule has 0 aliphatic heterocycles. The summed E-state index contributed by atoms with van der Waals surface area (Å²) >= 11 is 3.20. The second kappa shape index (κ2) is 6.46. The predicted octanol–water partition coefficient (Wildman–Crippen LogP) is 5.13. The molecule has 1 aliphatic carbocycles. The van der Waals surface area contributed by atoms with Crippen LogP contribution < -0.4 is 0 Å². The summed E-state index contributed by atoms with van der Waals surface area (Å²) in [5, 5.41) is 0. The average molecular weight is 313 g/mol. The van der Waals surface area contributed by atoms with E-state index in [0.717, 1.165) is 6.42 Å². The monoisotopic (exact) mass is 312 g/mol. The Labute approximate surface area is 116 Å². The summed E-state index contributed by atoms with van der Waals surface area (Å²) in [5.41, 5.74) is 0.231. The first-order chi connectivity index (χ1) is 8.66. The lowest BCUT2D eigenvalue weighted by Crippen LogP contribution is -2.10. The smallest absolute Gasteiger partial charge is 0.165 e. The largest absolute Gasteiger partial charge is 0.294 e. The van der Waals surface area contributed by atoms with Gasteiger partial charge in [-0.3, -0.25) is 4.79 Å². The van der Waals surface area contributed by atoms with E-state index in [1.165, 1.54) is 38.2 Å². The fourth-order valence-corrected chi connectivity index (χ4v) is 2.99. The molecule has 18 heavy (non-hydrogen) atoms. The van der Waals surface area contributed by atoms with Crippen LogP contribution in [-0.4, -0.2) is 5.78 Å². The second-order valence-corrected chi connectivity index (χ2v) is 6.01. The lowest BCUT2D eigenvalue weighted by Gasteiger charge is -2.20. The molecule has 3 heteroatoms. The Bertz CT molecular complexity index is 425. The van der Waals surface area contributed by atoms with Crippen molar-refractivity contribution in [1.29, 1.82) is 0 Å². The Kier molecular flexibility index (Phi) is 4.93. The molecule has 1 nitrogen and oxygen atoms in total. The maximum absolute atomic E-state index is 13.6. The van der Waals surface area contributed by atoms with Gasteiger partial charge in [-0.15, -0.1) is 0 Å². The third-order valence-electron chi connectivity index (χ3n) is 3.74. The Morgan fingerprint density at radius 2 is 2.00 bits per heavy atom. The van der Waals surface area contributed by atoms with Crippen LogP contribution in [0.15, 0.2) is 22.7 Å². The van der Waals surface area contributed by atoms with Crippen LogP contribution >= 0.6 is 15.9 Å². The molecule has 1 saturated carbocycles. The topological polar surface area (TPSA) is 17.1 Å². The summed E-state index contributed by atoms with van der Waals surface area (Å²) in [6.45, 7) is 0. The van der Waals surface area contributed by atoms with Crippen LogP contribution in [0.5, 0.6) is 0 Å². The van der Waals surface area contributed by atoms with Gasteiger partial charge in [-0.05, 0) is 30.5 Å². The number of ketones is 1. The average Bonchev–Trinajstić information content (AvgIpc) is 2.37. The van der Waals surface area contributed by atoms with Crippen molar-refractivity contribution in [2.45, 2.75) is 44.9 Å². The minimum atomic E-state index is -0.419. The van der Waals surface area contributed by atoms with Crippen LogP contribution in [0.3, 0.4) is 0 Å². The molecule has 0 radical (unpaired) electrons. The molecular weight excluding hydrogens is 295 g/mol. The summed E-state index contributed by atoms with van der Waals surface area (Å²) in [6.07, 6.45) is 7.74. The summed E-state index contributed by atoms with van der Waals surface area (Å²) in [7, 11) is 0. The number of hydrogen-bond acceptors (Lipinski definition) is 1. The van der Waals surface area contributed by atoms with E-state index in [1.54, 1.807) is 12.1 Å². The molecule has 1 aromatic carbocycles. The van der Waals surface area contributed by atoms with Crippen LogP contribution in [-0.2, 0) is 0 Å². The molecule has 1 fully saturated rings. The van der Waals surface area contributed by atoms with E-state index in [4.69, 9.17) is 0 Å². The van der Waals surface area contributed by atoms with Crippen LogP contribution in [0.1, 0.15) is 55.3 Å². The summed E-state index contributed by atoms with van der Waals surface area (Å²) in [4.78, 5) is 12.0. The molecule has 0 atom stereocenters. The fourth-order valence-electron chi connectivity index (χ4n) is 2.66. The van der Waals surface area contributed by atoms with Crippen molar-refractivity contribution in [2.75, 3.05) is 0 Å². The van der Waals surface area contributed by atoms with Gasteiger partial charge in [0.15, 0.2) is 5.78 Å². The molecule has 0 bridgehead atoms. The van der Waals surface area contributed by atoms with E-state index >= 15 is 0 Å². The van der Waals surface area contributed by atoms with Crippen molar-refractivity contribution in [3.8, 4) is 0 Å². The van der Waals surface area contributed by atoms with Gasteiger partial charge in [0.2, 0.25) is 0 Å². The third-order valence-corrected chi connectivity index (χ3v) is 4.23. The molecule has 1 aromatic rings. The number of hydrogen-bond donors (Lipinski definition) is 0. The molecule has 98 valence electrons. The van der Waals surface area contributed by atoms with Gasteiger partial charge in [0.25, 0.3) is 0 Å². The minimum Gasteiger partial charge on any atom is -0.294 e.